The van der Waals surface area contributed by atoms with Crippen LogP contribution in [0.25, 0.3) is 22.0 Å². The SMILES string of the molecule is CC(=O)N1N=C(c2c(-c3ccccc3)c3cc(Cl)ccc3[nH]c2=O)C[C@H]1c1ccco1. The van der Waals surface area contributed by atoms with Crippen LogP contribution in [0.4, 0.5) is 0 Å². The Hall–Kier alpha value is -3.64. The molecule has 1 aliphatic rings. The zero-order valence-corrected chi connectivity index (χ0v) is 17.4. The van der Waals surface area contributed by atoms with E-state index >= 15 is 0 Å². The van der Waals surface area contributed by atoms with Crippen LogP contribution in [-0.4, -0.2) is 21.6 Å². The van der Waals surface area contributed by atoms with Gasteiger partial charge in [0.15, 0.2) is 0 Å². The lowest BCUT2D eigenvalue weighted by Gasteiger charge is -2.17. The van der Waals surface area contributed by atoms with Crippen LogP contribution in [0, 0.1) is 0 Å². The maximum atomic E-state index is 13.3. The third-order valence-electron chi connectivity index (χ3n) is 5.43. The number of nitrogens with one attached hydrogen (secondary N) is 1. The maximum absolute atomic E-state index is 13.3. The number of furan rings is 1. The molecule has 0 fully saturated rings. The Morgan fingerprint density at radius 3 is 2.65 bits per heavy atom. The lowest BCUT2D eigenvalue weighted by Crippen LogP contribution is -2.23. The standard InChI is InChI=1S/C24H18ClN3O3/c1-14(29)28-20(21-8-5-11-31-21)13-19(27-28)23-22(15-6-3-2-4-7-15)17-12-16(25)9-10-18(17)26-24(23)30/h2-12,20H,13H2,1H3,(H,26,30)/t20-/m0/s1. The second-order valence-corrected chi connectivity index (χ2v) is 7.84. The number of halogens is 1. The number of benzene rings is 2. The topological polar surface area (TPSA) is 78.7 Å². The summed E-state index contributed by atoms with van der Waals surface area (Å²) in [5.74, 6) is 0.397. The highest BCUT2D eigenvalue weighted by atomic mass is 35.5. The summed E-state index contributed by atoms with van der Waals surface area (Å²) < 4.78 is 5.54. The second-order valence-electron chi connectivity index (χ2n) is 7.41. The molecule has 31 heavy (non-hydrogen) atoms. The lowest BCUT2D eigenvalue weighted by molar-refractivity contribution is -0.130. The Morgan fingerprint density at radius 1 is 1.13 bits per heavy atom. The maximum Gasteiger partial charge on any atom is 0.258 e. The molecule has 154 valence electrons. The van der Waals surface area contributed by atoms with Crippen LogP contribution < -0.4 is 5.56 Å². The first kappa shape index (κ1) is 19.3. The number of hydrazone groups is 1. The zero-order valence-electron chi connectivity index (χ0n) is 16.6. The van der Waals surface area contributed by atoms with Gasteiger partial charge in [0.2, 0.25) is 5.91 Å². The van der Waals surface area contributed by atoms with Crippen LogP contribution in [0.3, 0.4) is 0 Å². The number of fused-ring (bicyclic) bond motifs is 1. The summed E-state index contributed by atoms with van der Waals surface area (Å²) in [6.07, 6.45) is 1.92. The number of carbonyl (C=O) groups excluding carboxylic acids is 1. The van der Waals surface area contributed by atoms with E-state index in [0.29, 0.717) is 34.0 Å². The van der Waals surface area contributed by atoms with Crippen LogP contribution in [0.5, 0.6) is 0 Å². The molecule has 4 aromatic rings. The molecular weight excluding hydrogens is 414 g/mol. The summed E-state index contributed by atoms with van der Waals surface area (Å²) >= 11 is 6.30. The number of nitrogens with zero attached hydrogens (tertiary/aromatic N) is 2. The lowest BCUT2D eigenvalue weighted by atomic mass is 9.92. The quantitative estimate of drug-likeness (QED) is 0.487. The summed E-state index contributed by atoms with van der Waals surface area (Å²) in [4.78, 5) is 28.5. The van der Waals surface area contributed by atoms with Crippen molar-refractivity contribution in [2.45, 2.75) is 19.4 Å². The minimum Gasteiger partial charge on any atom is -0.467 e. The van der Waals surface area contributed by atoms with Crippen molar-refractivity contribution in [3.63, 3.8) is 0 Å². The first-order chi connectivity index (χ1) is 15.0. The third-order valence-corrected chi connectivity index (χ3v) is 5.67. The molecule has 0 spiro atoms. The summed E-state index contributed by atoms with van der Waals surface area (Å²) in [5, 5.41) is 7.31. The molecule has 2 aromatic carbocycles. The summed E-state index contributed by atoms with van der Waals surface area (Å²) in [7, 11) is 0. The first-order valence-corrected chi connectivity index (χ1v) is 10.2. The highest BCUT2D eigenvalue weighted by Gasteiger charge is 2.35. The van der Waals surface area contributed by atoms with Crippen LogP contribution in [0.15, 0.2) is 81.2 Å². The second kappa shape index (κ2) is 7.56. The van der Waals surface area contributed by atoms with Gasteiger partial charge in [0, 0.05) is 34.8 Å². The molecule has 1 atom stereocenters. The Balaban J connectivity index is 1.77. The van der Waals surface area contributed by atoms with Gasteiger partial charge in [-0.3, -0.25) is 9.59 Å². The Morgan fingerprint density at radius 2 is 1.94 bits per heavy atom. The average molecular weight is 432 g/mol. The summed E-state index contributed by atoms with van der Waals surface area (Å²) in [6, 6.07) is 18.2. The van der Waals surface area contributed by atoms with Crippen LogP contribution in [-0.2, 0) is 4.79 Å². The van der Waals surface area contributed by atoms with Crippen molar-refractivity contribution in [1.82, 2.24) is 9.99 Å². The monoisotopic (exact) mass is 431 g/mol. The van der Waals surface area contributed by atoms with E-state index in [0.717, 1.165) is 16.5 Å². The molecule has 5 rings (SSSR count). The minimum absolute atomic E-state index is 0.224. The van der Waals surface area contributed by atoms with E-state index in [1.807, 2.05) is 42.5 Å². The Kier molecular flexibility index (Phi) is 4.71. The molecule has 0 aliphatic carbocycles. The van der Waals surface area contributed by atoms with Gasteiger partial charge >= 0.3 is 0 Å². The van der Waals surface area contributed by atoms with Gasteiger partial charge in [-0.15, -0.1) is 0 Å². The summed E-state index contributed by atoms with van der Waals surface area (Å²) in [6.45, 7) is 1.45. The average Bonchev–Trinajstić information content (AvgIpc) is 3.43. The number of carbonyl (C=O) groups is 1. The molecule has 1 amide bonds. The summed E-state index contributed by atoms with van der Waals surface area (Å²) in [5.41, 5.74) is 2.98. The Labute approximate surface area is 182 Å². The fraction of sp³-hybridized carbons (Fsp3) is 0.125. The molecular formula is C24H18ClN3O3. The number of hydrogen-bond donors (Lipinski definition) is 1. The number of aromatic nitrogens is 1. The number of aromatic amines is 1. The molecule has 0 unspecified atom stereocenters. The van der Waals surface area contributed by atoms with E-state index in [1.165, 1.54) is 11.9 Å². The van der Waals surface area contributed by atoms with Gasteiger partial charge in [0.05, 0.1) is 17.5 Å². The molecule has 1 aliphatic heterocycles. The van der Waals surface area contributed by atoms with Crippen molar-refractivity contribution in [3.8, 4) is 11.1 Å². The van der Waals surface area contributed by atoms with E-state index < -0.39 is 6.04 Å². The van der Waals surface area contributed by atoms with Gasteiger partial charge in [0.25, 0.3) is 5.56 Å². The molecule has 0 radical (unpaired) electrons. The largest absolute Gasteiger partial charge is 0.467 e. The van der Waals surface area contributed by atoms with E-state index in [2.05, 4.69) is 10.1 Å². The molecule has 1 N–H and O–H groups in total. The van der Waals surface area contributed by atoms with E-state index in [4.69, 9.17) is 16.0 Å². The number of H-pyrrole nitrogens is 1. The molecule has 0 saturated carbocycles. The smallest absolute Gasteiger partial charge is 0.258 e. The van der Waals surface area contributed by atoms with E-state index in [9.17, 15) is 9.59 Å². The first-order valence-electron chi connectivity index (χ1n) is 9.85. The Bertz CT molecular complexity index is 1370. The predicted molar refractivity (Wildman–Crippen MR) is 120 cm³/mol. The minimum atomic E-state index is -0.402. The molecule has 3 heterocycles. The molecule has 2 aromatic heterocycles. The number of amides is 1. The third kappa shape index (κ3) is 3.35. The highest BCUT2D eigenvalue weighted by molar-refractivity contribution is 6.31. The number of hydrogen-bond acceptors (Lipinski definition) is 4. The van der Waals surface area contributed by atoms with Gasteiger partial charge in [0.1, 0.15) is 11.8 Å². The van der Waals surface area contributed by atoms with Crippen molar-refractivity contribution in [1.29, 1.82) is 0 Å². The van der Waals surface area contributed by atoms with E-state index in [-0.39, 0.29) is 11.5 Å². The predicted octanol–water partition coefficient (Wildman–Crippen LogP) is 5.14. The van der Waals surface area contributed by atoms with Crippen LogP contribution >= 0.6 is 11.6 Å². The van der Waals surface area contributed by atoms with Crippen molar-refractivity contribution < 1.29 is 9.21 Å². The van der Waals surface area contributed by atoms with Gasteiger partial charge in [-0.05, 0) is 35.9 Å². The fourth-order valence-corrected chi connectivity index (χ4v) is 4.27. The van der Waals surface area contributed by atoms with Crippen LogP contribution in [0.2, 0.25) is 5.02 Å². The molecule has 0 saturated heterocycles. The van der Waals surface area contributed by atoms with Crippen molar-refractivity contribution in [3.05, 3.63) is 93.6 Å². The highest BCUT2D eigenvalue weighted by Crippen LogP contribution is 2.37. The van der Waals surface area contributed by atoms with Gasteiger partial charge in [-0.2, -0.15) is 5.10 Å². The zero-order chi connectivity index (χ0) is 21.5. The van der Waals surface area contributed by atoms with Crippen molar-refractivity contribution in [2.75, 3.05) is 0 Å². The molecule has 0 bridgehead atoms. The molecule has 6 nitrogen and oxygen atoms in total. The normalized spacial score (nSPS) is 16.0. The van der Waals surface area contributed by atoms with Crippen molar-refractivity contribution >= 4 is 34.1 Å². The van der Waals surface area contributed by atoms with E-state index in [1.54, 1.807) is 24.5 Å². The van der Waals surface area contributed by atoms with Crippen molar-refractivity contribution in [2.24, 2.45) is 5.10 Å². The van der Waals surface area contributed by atoms with Gasteiger partial charge in [-0.1, -0.05) is 41.9 Å². The van der Waals surface area contributed by atoms with Gasteiger partial charge in [-0.25, -0.2) is 5.01 Å². The van der Waals surface area contributed by atoms with Gasteiger partial charge < -0.3 is 9.40 Å². The fourth-order valence-electron chi connectivity index (χ4n) is 4.10. The molecule has 7 heteroatoms. The van der Waals surface area contributed by atoms with Crippen LogP contribution in [0.1, 0.15) is 30.7 Å². The number of rotatable bonds is 3. The number of pyridine rings is 1.